The zero-order valence-electron chi connectivity index (χ0n) is 15.6. The van der Waals surface area contributed by atoms with Gasteiger partial charge in [-0.15, -0.1) is 0 Å². The van der Waals surface area contributed by atoms with Gasteiger partial charge in [-0.2, -0.15) is 0 Å². The predicted molar refractivity (Wildman–Crippen MR) is 102 cm³/mol. The second-order valence-electron chi connectivity index (χ2n) is 6.66. The Morgan fingerprint density at radius 2 is 2.00 bits per heavy atom. The number of imidazole rings is 1. The Bertz CT molecular complexity index is 913. The van der Waals surface area contributed by atoms with Crippen LogP contribution in [0.1, 0.15) is 36.6 Å². The minimum Gasteiger partial charge on any atom is -0.459 e. The SMILES string of the molecule is CC(C)NC(=O)Cn1c(CCCNC(=O)c2ccco2)nc2ccccc21. The van der Waals surface area contributed by atoms with Gasteiger partial charge in [-0.25, -0.2) is 4.98 Å². The highest BCUT2D eigenvalue weighted by molar-refractivity contribution is 5.91. The van der Waals surface area contributed by atoms with E-state index in [1.54, 1.807) is 12.1 Å². The summed E-state index contributed by atoms with van der Waals surface area (Å²) in [6.07, 6.45) is 2.84. The molecule has 142 valence electrons. The quantitative estimate of drug-likeness (QED) is 0.598. The summed E-state index contributed by atoms with van der Waals surface area (Å²) in [6.45, 7) is 4.60. The monoisotopic (exact) mass is 368 g/mol. The van der Waals surface area contributed by atoms with Gasteiger partial charge in [0.1, 0.15) is 12.4 Å². The van der Waals surface area contributed by atoms with Crippen molar-refractivity contribution in [2.45, 2.75) is 39.3 Å². The van der Waals surface area contributed by atoms with Gasteiger partial charge in [-0.05, 0) is 44.5 Å². The largest absolute Gasteiger partial charge is 0.459 e. The number of nitrogens with one attached hydrogen (secondary N) is 2. The van der Waals surface area contributed by atoms with Gasteiger partial charge in [0.25, 0.3) is 5.91 Å². The van der Waals surface area contributed by atoms with Crippen molar-refractivity contribution in [1.82, 2.24) is 20.2 Å². The number of carbonyl (C=O) groups is 2. The molecular formula is C20H24N4O3. The van der Waals surface area contributed by atoms with Gasteiger partial charge in [0.2, 0.25) is 5.91 Å². The molecule has 2 amide bonds. The molecule has 0 saturated heterocycles. The maximum atomic E-state index is 12.2. The fourth-order valence-electron chi connectivity index (χ4n) is 2.95. The maximum absolute atomic E-state index is 12.2. The summed E-state index contributed by atoms with van der Waals surface area (Å²) in [6, 6.07) is 11.2. The smallest absolute Gasteiger partial charge is 0.286 e. The molecule has 2 aromatic heterocycles. The lowest BCUT2D eigenvalue weighted by atomic mass is 10.2. The van der Waals surface area contributed by atoms with Gasteiger partial charge in [0, 0.05) is 19.0 Å². The molecule has 27 heavy (non-hydrogen) atoms. The predicted octanol–water partition coefficient (Wildman–Crippen LogP) is 2.52. The molecule has 2 heterocycles. The van der Waals surface area contributed by atoms with Crippen LogP contribution in [0, 0.1) is 0 Å². The van der Waals surface area contributed by atoms with Crippen LogP contribution in [0.4, 0.5) is 0 Å². The summed E-state index contributed by atoms with van der Waals surface area (Å²) in [7, 11) is 0. The Labute approximate surface area is 157 Å². The molecule has 0 saturated carbocycles. The molecule has 0 aliphatic heterocycles. The van der Waals surface area contributed by atoms with Crippen LogP contribution in [0.15, 0.2) is 47.1 Å². The van der Waals surface area contributed by atoms with Gasteiger partial charge in [-0.1, -0.05) is 12.1 Å². The Kier molecular flexibility index (Phi) is 5.90. The summed E-state index contributed by atoms with van der Waals surface area (Å²) in [5.74, 6) is 0.861. The molecule has 0 atom stereocenters. The maximum Gasteiger partial charge on any atom is 0.286 e. The molecule has 3 rings (SSSR count). The first-order valence-electron chi connectivity index (χ1n) is 9.10. The standard InChI is InChI=1S/C20H24N4O3/c1-14(2)22-19(25)13-24-16-8-4-3-7-15(16)23-18(24)10-5-11-21-20(26)17-9-6-12-27-17/h3-4,6-9,12,14H,5,10-11,13H2,1-2H3,(H,21,26)(H,22,25). The number of aryl methyl sites for hydroxylation is 1. The molecule has 0 bridgehead atoms. The topological polar surface area (TPSA) is 89.2 Å². The molecule has 0 spiro atoms. The highest BCUT2D eigenvalue weighted by atomic mass is 16.3. The lowest BCUT2D eigenvalue weighted by Crippen LogP contribution is -2.33. The minimum atomic E-state index is -0.232. The summed E-state index contributed by atoms with van der Waals surface area (Å²) in [4.78, 5) is 28.8. The minimum absolute atomic E-state index is 0.0412. The first kappa shape index (κ1) is 18.7. The van der Waals surface area contributed by atoms with Crippen LogP contribution in [0.25, 0.3) is 11.0 Å². The highest BCUT2D eigenvalue weighted by Gasteiger charge is 2.14. The van der Waals surface area contributed by atoms with Crippen LogP contribution < -0.4 is 10.6 Å². The Hall–Kier alpha value is -3.09. The van der Waals surface area contributed by atoms with E-state index in [4.69, 9.17) is 4.42 Å². The molecule has 7 nitrogen and oxygen atoms in total. The number of para-hydroxylation sites is 2. The van der Waals surface area contributed by atoms with Crippen LogP contribution in [0.3, 0.4) is 0 Å². The second-order valence-corrected chi connectivity index (χ2v) is 6.66. The van der Waals surface area contributed by atoms with Crippen molar-refractivity contribution >= 4 is 22.8 Å². The number of furan rings is 1. The van der Waals surface area contributed by atoms with Crippen LogP contribution in [0.5, 0.6) is 0 Å². The number of fused-ring (bicyclic) bond motifs is 1. The van der Waals surface area contributed by atoms with E-state index in [0.29, 0.717) is 25.1 Å². The molecule has 0 aliphatic carbocycles. The van der Waals surface area contributed by atoms with Crippen molar-refractivity contribution in [3.8, 4) is 0 Å². The van der Waals surface area contributed by atoms with Crippen LogP contribution in [-0.4, -0.2) is 34.0 Å². The Balaban J connectivity index is 1.65. The number of benzene rings is 1. The molecule has 3 aromatic rings. The van der Waals surface area contributed by atoms with E-state index in [-0.39, 0.29) is 24.4 Å². The molecule has 0 radical (unpaired) electrons. The number of hydrogen-bond donors (Lipinski definition) is 2. The highest BCUT2D eigenvalue weighted by Crippen LogP contribution is 2.17. The van der Waals surface area contributed by atoms with Gasteiger partial charge in [0.05, 0.1) is 17.3 Å². The third-order valence-corrected chi connectivity index (χ3v) is 4.09. The van der Waals surface area contributed by atoms with Crippen molar-refractivity contribution in [3.05, 3.63) is 54.2 Å². The van der Waals surface area contributed by atoms with Crippen molar-refractivity contribution in [2.75, 3.05) is 6.54 Å². The number of rotatable bonds is 8. The first-order chi connectivity index (χ1) is 13.0. The normalized spacial score (nSPS) is 11.1. The lowest BCUT2D eigenvalue weighted by molar-refractivity contribution is -0.122. The van der Waals surface area contributed by atoms with Gasteiger partial charge >= 0.3 is 0 Å². The number of hydrogen-bond acceptors (Lipinski definition) is 4. The van der Waals surface area contributed by atoms with E-state index in [1.807, 2.05) is 42.7 Å². The van der Waals surface area contributed by atoms with E-state index >= 15 is 0 Å². The summed E-state index contributed by atoms with van der Waals surface area (Å²) in [5.41, 5.74) is 1.80. The first-order valence-corrected chi connectivity index (χ1v) is 9.10. The van der Waals surface area contributed by atoms with Crippen molar-refractivity contribution in [3.63, 3.8) is 0 Å². The van der Waals surface area contributed by atoms with E-state index in [9.17, 15) is 9.59 Å². The van der Waals surface area contributed by atoms with E-state index in [2.05, 4.69) is 15.6 Å². The fraction of sp³-hybridized carbons (Fsp3) is 0.350. The number of nitrogens with zero attached hydrogens (tertiary/aromatic N) is 2. The third-order valence-electron chi connectivity index (χ3n) is 4.09. The summed E-state index contributed by atoms with van der Waals surface area (Å²) in [5, 5.41) is 5.74. The molecule has 0 unspecified atom stereocenters. The van der Waals surface area contributed by atoms with Crippen LogP contribution in [0.2, 0.25) is 0 Å². The van der Waals surface area contributed by atoms with Gasteiger partial charge in [0.15, 0.2) is 5.76 Å². The fourth-order valence-corrected chi connectivity index (χ4v) is 2.95. The summed E-state index contributed by atoms with van der Waals surface area (Å²) < 4.78 is 7.02. The van der Waals surface area contributed by atoms with Crippen molar-refractivity contribution in [2.24, 2.45) is 0 Å². The van der Waals surface area contributed by atoms with E-state index in [1.165, 1.54) is 6.26 Å². The lowest BCUT2D eigenvalue weighted by Gasteiger charge is -2.12. The third kappa shape index (κ3) is 4.75. The summed E-state index contributed by atoms with van der Waals surface area (Å²) >= 11 is 0. The molecule has 1 aromatic carbocycles. The number of aromatic nitrogens is 2. The molecule has 2 N–H and O–H groups in total. The Morgan fingerprint density at radius 3 is 2.74 bits per heavy atom. The molecule has 0 fully saturated rings. The second kappa shape index (κ2) is 8.53. The van der Waals surface area contributed by atoms with Crippen molar-refractivity contribution < 1.29 is 14.0 Å². The zero-order valence-corrected chi connectivity index (χ0v) is 15.6. The van der Waals surface area contributed by atoms with Crippen LogP contribution in [-0.2, 0) is 17.8 Å². The Morgan fingerprint density at radius 1 is 1.19 bits per heavy atom. The number of carbonyl (C=O) groups excluding carboxylic acids is 2. The van der Waals surface area contributed by atoms with E-state index < -0.39 is 0 Å². The number of amides is 2. The molecule has 0 aliphatic rings. The molecular weight excluding hydrogens is 344 g/mol. The average molecular weight is 368 g/mol. The zero-order chi connectivity index (χ0) is 19.2. The average Bonchev–Trinajstić information content (AvgIpc) is 3.27. The van der Waals surface area contributed by atoms with Crippen molar-refractivity contribution in [1.29, 1.82) is 0 Å². The van der Waals surface area contributed by atoms with Crippen LogP contribution >= 0.6 is 0 Å². The van der Waals surface area contributed by atoms with Gasteiger partial charge < -0.3 is 19.6 Å². The molecule has 7 heteroatoms. The van der Waals surface area contributed by atoms with E-state index in [0.717, 1.165) is 16.9 Å². The van der Waals surface area contributed by atoms with Gasteiger partial charge in [-0.3, -0.25) is 9.59 Å².